The van der Waals surface area contributed by atoms with Crippen LogP contribution in [0.5, 0.6) is 11.5 Å². The third-order valence-corrected chi connectivity index (χ3v) is 4.75. The summed E-state index contributed by atoms with van der Waals surface area (Å²) in [4.78, 5) is 16.8. The van der Waals surface area contributed by atoms with Crippen molar-refractivity contribution in [3.63, 3.8) is 0 Å². The number of carbonyl (C=O) groups is 1. The zero-order valence-corrected chi connectivity index (χ0v) is 17.5. The topological polar surface area (TPSA) is 73.6 Å². The number of carbonyl (C=O) groups excluding carboxylic acids is 1. The van der Waals surface area contributed by atoms with E-state index in [9.17, 15) is 4.79 Å². The largest absolute Gasteiger partial charge is 0.496 e. The summed E-state index contributed by atoms with van der Waals surface area (Å²) in [7, 11) is 1.63. The summed E-state index contributed by atoms with van der Waals surface area (Å²) in [6.07, 6.45) is 1.74. The fraction of sp³-hybridized carbons (Fsp3) is 0.304. The first kappa shape index (κ1) is 20.5. The van der Waals surface area contributed by atoms with Crippen molar-refractivity contribution in [2.75, 3.05) is 7.11 Å². The van der Waals surface area contributed by atoms with Crippen LogP contribution >= 0.6 is 0 Å². The number of hydrogen-bond donors (Lipinski definition) is 1. The number of furan rings is 1. The van der Waals surface area contributed by atoms with Crippen LogP contribution in [0.1, 0.15) is 44.3 Å². The van der Waals surface area contributed by atoms with Crippen LogP contribution in [0.3, 0.4) is 0 Å². The Morgan fingerprint density at radius 2 is 1.90 bits per heavy atom. The number of hydrogen-bond acceptors (Lipinski definition) is 5. The molecule has 1 aromatic carbocycles. The maximum absolute atomic E-state index is 12.4. The van der Waals surface area contributed by atoms with E-state index in [1.165, 1.54) is 5.56 Å². The van der Waals surface area contributed by atoms with Crippen molar-refractivity contribution in [1.82, 2.24) is 10.3 Å². The molecule has 0 atom stereocenters. The lowest BCUT2D eigenvalue weighted by molar-refractivity contribution is 0.0918. The molecule has 29 heavy (non-hydrogen) atoms. The van der Waals surface area contributed by atoms with Crippen LogP contribution in [0.2, 0.25) is 0 Å². The van der Waals surface area contributed by atoms with Gasteiger partial charge in [-0.25, -0.2) is 0 Å². The summed E-state index contributed by atoms with van der Waals surface area (Å²) in [6, 6.07) is 9.39. The number of rotatable bonds is 7. The lowest BCUT2D eigenvalue weighted by Crippen LogP contribution is -2.23. The van der Waals surface area contributed by atoms with Gasteiger partial charge in [0.2, 0.25) is 0 Å². The second-order valence-corrected chi connectivity index (χ2v) is 7.05. The monoisotopic (exact) mass is 394 g/mol. The van der Waals surface area contributed by atoms with Crippen LogP contribution in [0.25, 0.3) is 0 Å². The molecule has 0 spiro atoms. The van der Waals surface area contributed by atoms with E-state index in [2.05, 4.69) is 16.4 Å². The van der Waals surface area contributed by atoms with Gasteiger partial charge in [-0.3, -0.25) is 9.78 Å². The van der Waals surface area contributed by atoms with Crippen LogP contribution in [-0.2, 0) is 13.2 Å². The van der Waals surface area contributed by atoms with E-state index in [-0.39, 0.29) is 24.8 Å². The first-order valence-electron chi connectivity index (χ1n) is 9.45. The summed E-state index contributed by atoms with van der Waals surface area (Å²) < 4.78 is 16.8. The molecule has 0 bridgehead atoms. The number of nitrogens with one attached hydrogen (secondary N) is 1. The number of aryl methyl sites for hydroxylation is 3. The highest BCUT2D eigenvalue weighted by Gasteiger charge is 2.14. The minimum absolute atomic E-state index is 0.237. The van der Waals surface area contributed by atoms with Gasteiger partial charge in [-0.05, 0) is 51.5 Å². The Balaban J connectivity index is 1.59. The molecular formula is C23H26N2O4. The molecule has 152 valence electrons. The molecule has 0 saturated carbocycles. The predicted molar refractivity (Wildman–Crippen MR) is 110 cm³/mol. The van der Waals surface area contributed by atoms with E-state index in [1.807, 2.05) is 39.8 Å². The van der Waals surface area contributed by atoms with Gasteiger partial charge < -0.3 is 19.2 Å². The van der Waals surface area contributed by atoms with Crippen molar-refractivity contribution >= 4 is 5.91 Å². The van der Waals surface area contributed by atoms with Crippen molar-refractivity contribution in [2.24, 2.45) is 0 Å². The summed E-state index contributed by atoms with van der Waals surface area (Å²) in [5.74, 6) is 2.10. The van der Waals surface area contributed by atoms with E-state index in [4.69, 9.17) is 13.9 Å². The smallest absolute Gasteiger partial charge is 0.287 e. The van der Waals surface area contributed by atoms with Crippen LogP contribution < -0.4 is 14.8 Å². The van der Waals surface area contributed by atoms with Crippen molar-refractivity contribution in [3.8, 4) is 11.5 Å². The third kappa shape index (κ3) is 4.77. The molecule has 6 nitrogen and oxygen atoms in total. The van der Waals surface area contributed by atoms with Gasteiger partial charge in [-0.2, -0.15) is 0 Å². The number of aromatic nitrogens is 1. The number of pyridine rings is 1. The van der Waals surface area contributed by atoms with Crippen LogP contribution in [-0.4, -0.2) is 18.0 Å². The number of benzene rings is 1. The predicted octanol–water partition coefficient (Wildman–Crippen LogP) is 4.43. The lowest BCUT2D eigenvalue weighted by atomic mass is 10.1. The Morgan fingerprint density at radius 1 is 1.10 bits per heavy atom. The molecule has 0 radical (unpaired) electrons. The molecule has 0 saturated heterocycles. The second kappa shape index (κ2) is 8.82. The summed E-state index contributed by atoms with van der Waals surface area (Å²) in [5.41, 5.74) is 4.87. The van der Waals surface area contributed by atoms with Crippen LogP contribution in [0.4, 0.5) is 0 Å². The number of nitrogens with zero attached hydrogens (tertiary/aromatic N) is 1. The summed E-state index contributed by atoms with van der Waals surface area (Å²) >= 11 is 0. The molecule has 0 unspecified atom stereocenters. The quantitative estimate of drug-likeness (QED) is 0.642. The number of amides is 1. The minimum atomic E-state index is -0.302. The van der Waals surface area contributed by atoms with E-state index < -0.39 is 0 Å². The van der Waals surface area contributed by atoms with Crippen molar-refractivity contribution in [2.45, 2.75) is 40.8 Å². The van der Waals surface area contributed by atoms with Gasteiger partial charge in [0.15, 0.2) is 5.76 Å². The normalized spacial score (nSPS) is 10.7. The molecule has 0 fully saturated rings. The standard InChI is InChI=1S/C23H26N2O4/c1-14-6-8-20(15(2)10-14)28-13-18-7-9-21(29-18)23(26)25-12-19-17(4)22(27-5)16(3)11-24-19/h6-11H,12-13H2,1-5H3,(H,25,26). The Hall–Kier alpha value is -3.28. The highest BCUT2D eigenvalue weighted by atomic mass is 16.5. The van der Waals surface area contributed by atoms with Crippen LogP contribution in [0, 0.1) is 27.7 Å². The SMILES string of the molecule is COc1c(C)cnc(CNC(=O)c2ccc(COc3ccc(C)cc3C)o2)c1C. The average molecular weight is 394 g/mol. The lowest BCUT2D eigenvalue weighted by Gasteiger charge is -2.12. The Morgan fingerprint density at radius 3 is 2.62 bits per heavy atom. The van der Waals surface area contributed by atoms with E-state index in [1.54, 1.807) is 25.4 Å². The minimum Gasteiger partial charge on any atom is -0.496 e. The fourth-order valence-electron chi connectivity index (χ4n) is 3.19. The molecule has 0 aliphatic rings. The Kier molecular flexibility index (Phi) is 6.22. The fourth-order valence-corrected chi connectivity index (χ4v) is 3.19. The molecule has 3 aromatic rings. The number of ether oxygens (including phenoxy) is 2. The van der Waals surface area contributed by atoms with E-state index in [0.717, 1.165) is 33.9 Å². The first-order chi connectivity index (χ1) is 13.9. The van der Waals surface area contributed by atoms with Gasteiger partial charge in [0, 0.05) is 17.3 Å². The van der Waals surface area contributed by atoms with Gasteiger partial charge in [0.05, 0.1) is 19.3 Å². The van der Waals surface area contributed by atoms with Crippen LogP contribution in [0.15, 0.2) is 40.9 Å². The zero-order chi connectivity index (χ0) is 21.0. The first-order valence-corrected chi connectivity index (χ1v) is 9.45. The third-order valence-electron chi connectivity index (χ3n) is 4.75. The van der Waals surface area contributed by atoms with Gasteiger partial charge in [0.25, 0.3) is 5.91 Å². The summed E-state index contributed by atoms with van der Waals surface area (Å²) in [6.45, 7) is 8.45. The molecule has 0 aliphatic heterocycles. The number of methoxy groups -OCH3 is 1. The second-order valence-electron chi connectivity index (χ2n) is 7.05. The molecule has 2 aromatic heterocycles. The highest BCUT2D eigenvalue weighted by molar-refractivity contribution is 5.91. The zero-order valence-electron chi connectivity index (χ0n) is 17.5. The van der Waals surface area contributed by atoms with Crippen molar-refractivity contribution in [1.29, 1.82) is 0 Å². The molecule has 0 aliphatic carbocycles. The molecule has 6 heteroatoms. The maximum Gasteiger partial charge on any atom is 0.287 e. The molecule has 2 heterocycles. The molecule has 1 N–H and O–H groups in total. The average Bonchev–Trinajstić information content (AvgIpc) is 3.16. The molecule has 1 amide bonds. The van der Waals surface area contributed by atoms with Crippen molar-refractivity contribution < 1.29 is 18.7 Å². The van der Waals surface area contributed by atoms with E-state index in [0.29, 0.717) is 5.76 Å². The highest BCUT2D eigenvalue weighted by Crippen LogP contribution is 2.24. The maximum atomic E-state index is 12.4. The Bertz CT molecular complexity index is 1020. The van der Waals surface area contributed by atoms with Gasteiger partial charge in [0.1, 0.15) is 23.9 Å². The van der Waals surface area contributed by atoms with Gasteiger partial charge in [-0.1, -0.05) is 17.7 Å². The van der Waals surface area contributed by atoms with Crippen molar-refractivity contribution in [3.05, 3.63) is 76.0 Å². The molecule has 3 rings (SSSR count). The van der Waals surface area contributed by atoms with Gasteiger partial charge in [-0.15, -0.1) is 0 Å². The van der Waals surface area contributed by atoms with E-state index >= 15 is 0 Å². The molecular weight excluding hydrogens is 368 g/mol. The Labute approximate surface area is 170 Å². The van der Waals surface area contributed by atoms with Gasteiger partial charge >= 0.3 is 0 Å². The summed E-state index contributed by atoms with van der Waals surface area (Å²) in [5, 5.41) is 2.84.